The van der Waals surface area contributed by atoms with Crippen LogP contribution in [0.5, 0.6) is 0 Å². The number of rotatable bonds is 7. The van der Waals surface area contributed by atoms with Gasteiger partial charge in [0.05, 0.1) is 19.8 Å². The van der Waals surface area contributed by atoms with Crippen molar-refractivity contribution in [1.29, 1.82) is 0 Å². The van der Waals surface area contributed by atoms with Crippen molar-refractivity contribution in [3.63, 3.8) is 0 Å². The highest BCUT2D eigenvalue weighted by Gasteiger charge is 2.51. The first-order valence-corrected chi connectivity index (χ1v) is 15.6. The van der Waals surface area contributed by atoms with E-state index in [9.17, 15) is 14.4 Å². The Kier molecular flexibility index (Phi) is 6.75. The number of aromatic nitrogens is 2. The maximum atomic E-state index is 14.0. The lowest BCUT2D eigenvalue weighted by atomic mass is 9.75. The zero-order valence-electron chi connectivity index (χ0n) is 22.7. The summed E-state index contributed by atoms with van der Waals surface area (Å²) in [5.74, 6) is -0.631. The fraction of sp³-hybridized carbons (Fsp3) is 0.367. The molecule has 2 fully saturated rings. The van der Waals surface area contributed by atoms with Gasteiger partial charge in [0, 0.05) is 44.0 Å². The molecular formula is C30H33N5O4Si. The Balaban J connectivity index is 1.31. The molecule has 1 unspecified atom stereocenters. The summed E-state index contributed by atoms with van der Waals surface area (Å²) in [4.78, 5) is 44.2. The molecule has 1 saturated heterocycles. The normalized spacial score (nSPS) is 20.1. The predicted octanol–water partition coefficient (Wildman–Crippen LogP) is 3.33. The van der Waals surface area contributed by atoms with Gasteiger partial charge in [-0.2, -0.15) is 5.10 Å². The van der Waals surface area contributed by atoms with Gasteiger partial charge in [0.1, 0.15) is 5.69 Å². The summed E-state index contributed by atoms with van der Waals surface area (Å²) >= 11 is 0. The number of fused-ring (bicyclic) bond motifs is 2. The maximum absolute atomic E-state index is 14.0. The molecule has 10 heteroatoms. The Morgan fingerprint density at radius 2 is 1.88 bits per heavy atom. The zero-order chi connectivity index (χ0) is 27.9. The van der Waals surface area contributed by atoms with Crippen LogP contribution in [0.1, 0.15) is 48.7 Å². The average Bonchev–Trinajstić information content (AvgIpc) is 3.45. The molecule has 0 radical (unpaired) electrons. The third-order valence-corrected chi connectivity index (χ3v) is 13.2. The van der Waals surface area contributed by atoms with Gasteiger partial charge in [-0.15, -0.1) is 0 Å². The van der Waals surface area contributed by atoms with E-state index in [-0.39, 0.29) is 16.9 Å². The van der Waals surface area contributed by atoms with E-state index in [4.69, 9.17) is 4.74 Å². The van der Waals surface area contributed by atoms with Crippen LogP contribution < -0.4 is 15.8 Å². The van der Waals surface area contributed by atoms with Gasteiger partial charge in [0.15, 0.2) is 0 Å². The van der Waals surface area contributed by atoms with E-state index in [2.05, 4.69) is 39.8 Å². The molecule has 1 aliphatic carbocycles. The molecule has 3 aliphatic rings. The number of amides is 3. The van der Waals surface area contributed by atoms with Gasteiger partial charge < -0.3 is 15.4 Å². The molecule has 3 amide bonds. The second-order valence-corrected chi connectivity index (χ2v) is 15.1. The fourth-order valence-corrected chi connectivity index (χ4v) is 10.4. The number of aliphatic imine (C=N–C) groups is 1. The Hall–Kier alpha value is -3.89. The number of hydrogen-bond donors (Lipinski definition) is 2. The largest absolute Gasteiger partial charge is 0.381 e. The minimum atomic E-state index is -2.01. The molecule has 1 saturated carbocycles. The molecule has 2 N–H and O–H groups in total. The number of carbonyl (C=O) groups excluding carboxylic acids is 3. The molecule has 3 aromatic rings. The van der Waals surface area contributed by atoms with Crippen LogP contribution in [0.4, 0.5) is 11.4 Å². The third kappa shape index (κ3) is 4.71. The summed E-state index contributed by atoms with van der Waals surface area (Å²) < 4.78 is 6.99. The van der Waals surface area contributed by atoms with Crippen LogP contribution in [0.15, 0.2) is 65.8 Å². The van der Waals surface area contributed by atoms with Gasteiger partial charge in [-0.25, -0.2) is 4.99 Å². The van der Waals surface area contributed by atoms with Crippen LogP contribution in [0.2, 0.25) is 10.6 Å². The topological polar surface area (TPSA) is 115 Å². The van der Waals surface area contributed by atoms with Crippen LogP contribution in [-0.2, 0) is 26.8 Å². The van der Waals surface area contributed by atoms with Crippen LogP contribution in [0, 0.1) is 0 Å². The zero-order valence-corrected chi connectivity index (χ0v) is 23.9. The number of benzene rings is 2. The lowest BCUT2D eigenvalue weighted by Crippen LogP contribution is -2.45. The van der Waals surface area contributed by atoms with Crippen molar-refractivity contribution in [3.8, 4) is 0 Å². The lowest BCUT2D eigenvalue weighted by Gasteiger charge is -2.31. The van der Waals surface area contributed by atoms with Gasteiger partial charge in [-0.1, -0.05) is 48.5 Å². The molecular weight excluding hydrogens is 522 g/mol. The molecule has 2 aliphatic heterocycles. The van der Waals surface area contributed by atoms with E-state index in [0.29, 0.717) is 37.4 Å². The summed E-state index contributed by atoms with van der Waals surface area (Å²) in [5, 5.41) is 11.4. The summed E-state index contributed by atoms with van der Waals surface area (Å²) in [6.45, 7) is 3.34. The minimum absolute atomic E-state index is 0.00817. The molecule has 3 heterocycles. The molecule has 1 spiro atoms. The lowest BCUT2D eigenvalue weighted by molar-refractivity contribution is -0.124. The highest BCUT2D eigenvalue weighted by molar-refractivity contribution is 6.83. The van der Waals surface area contributed by atoms with Gasteiger partial charge in [0.2, 0.25) is 11.8 Å². The molecule has 6 rings (SSSR count). The molecule has 40 heavy (non-hydrogen) atoms. The highest BCUT2D eigenvalue weighted by atomic mass is 28.3. The van der Waals surface area contributed by atoms with Crippen molar-refractivity contribution in [3.05, 3.63) is 72.1 Å². The smallest absolute Gasteiger partial charge is 0.294 e. The third-order valence-electron chi connectivity index (χ3n) is 8.83. The van der Waals surface area contributed by atoms with Crippen LogP contribution in [0.3, 0.4) is 0 Å². The van der Waals surface area contributed by atoms with Gasteiger partial charge >= 0.3 is 0 Å². The van der Waals surface area contributed by atoms with Crippen LogP contribution in [-0.4, -0.2) is 55.7 Å². The van der Waals surface area contributed by atoms with E-state index < -0.39 is 25.7 Å². The second kappa shape index (κ2) is 10.3. The Labute approximate surface area is 234 Å². The van der Waals surface area contributed by atoms with Crippen molar-refractivity contribution < 1.29 is 19.1 Å². The number of anilines is 2. The number of nitrogens with zero attached hydrogens (tertiary/aromatic N) is 3. The molecule has 1 aromatic heterocycles. The highest BCUT2D eigenvalue weighted by Crippen LogP contribution is 2.57. The first-order chi connectivity index (χ1) is 19.3. The first kappa shape index (κ1) is 26.3. The number of nitrogens with one attached hydrogen (secondary N) is 2. The van der Waals surface area contributed by atoms with Crippen molar-refractivity contribution >= 4 is 49.3 Å². The second-order valence-electron chi connectivity index (χ2n) is 11.4. The number of carbonyl (C=O) groups is 3. The summed E-state index contributed by atoms with van der Waals surface area (Å²) in [5.41, 5.74) is 1.53. The average molecular weight is 556 g/mol. The minimum Gasteiger partial charge on any atom is -0.381 e. The molecule has 2 aromatic carbocycles. The van der Waals surface area contributed by atoms with Crippen molar-refractivity contribution in [1.82, 2.24) is 9.78 Å². The fourth-order valence-electron chi connectivity index (χ4n) is 6.26. The Morgan fingerprint density at radius 3 is 2.55 bits per heavy atom. The molecule has 2 atom stereocenters. The van der Waals surface area contributed by atoms with Gasteiger partial charge in [0.25, 0.3) is 5.91 Å². The van der Waals surface area contributed by atoms with E-state index in [1.807, 2.05) is 36.4 Å². The Bertz CT molecular complexity index is 1490. The summed E-state index contributed by atoms with van der Waals surface area (Å²) in [6, 6.07) is 17.4. The van der Waals surface area contributed by atoms with Crippen LogP contribution in [0.25, 0.3) is 0 Å². The SMILES string of the molecule is Cn1nccc1C(=O)/N=C/C(C(=O)Nc1ccc2c(c1)NC(=O)C21CCOCC1)[Si@H](c1ccccc1)C1(C)CC1. The summed E-state index contributed by atoms with van der Waals surface area (Å²) in [6.07, 6.45) is 6.49. The molecule has 206 valence electrons. The van der Waals surface area contributed by atoms with Crippen molar-refractivity contribution in [2.45, 2.75) is 48.6 Å². The predicted molar refractivity (Wildman–Crippen MR) is 156 cm³/mol. The quantitative estimate of drug-likeness (QED) is 0.343. The monoisotopic (exact) mass is 555 g/mol. The maximum Gasteiger partial charge on any atom is 0.294 e. The van der Waals surface area contributed by atoms with Crippen molar-refractivity contribution in [2.24, 2.45) is 12.0 Å². The molecule has 0 bridgehead atoms. The molecule has 9 nitrogen and oxygen atoms in total. The Morgan fingerprint density at radius 1 is 1.12 bits per heavy atom. The van der Waals surface area contributed by atoms with E-state index in [1.54, 1.807) is 25.5 Å². The first-order valence-electron chi connectivity index (χ1n) is 13.8. The van der Waals surface area contributed by atoms with E-state index in [0.717, 1.165) is 24.1 Å². The van der Waals surface area contributed by atoms with Gasteiger partial charge in [-0.05, 0) is 54.5 Å². The number of aryl methyl sites for hydroxylation is 1. The van der Waals surface area contributed by atoms with E-state index in [1.165, 1.54) is 9.87 Å². The van der Waals surface area contributed by atoms with Crippen LogP contribution >= 0.6 is 0 Å². The standard InChI is InChI=1S/C30H33N5O4Si/c1-29(11-12-29)40(21-6-4-3-5-7-21)25(19-31-26(36)24-10-15-32-35(24)2)27(37)33-20-8-9-22-23(18-20)34-28(38)30(22)13-16-39-17-14-30/h3-10,15,18-19,25,40H,11-14,16-17H2,1-2H3,(H,33,37)(H,34,38)/b31-19+/t25?,40-/m0/s1. The number of hydrogen-bond acceptors (Lipinski definition) is 5. The van der Waals surface area contributed by atoms with Crippen molar-refractivity contribution in [2.75, 3.05) is 23.8 Å². The summed E-state index contributed by atoms with van der Waals surface area (Å²) in [7, 11) is -0.317. The number of ether oxygens (including phenoxy) is 1. The van der Waals surface area contributed by atoms with Gasteiger partial charge in [-0.3, -0.25) is 19.1 Å². The van der Waals surface area contributed by atoms with E-state index >= 15 is 0 Å².